The van der Waals surface area contributed by atoms with E-state index in [9.17, 15) is 9.59 Å². The average Bonchev–Trinajstić information content (AvgIpc) is 2.64. The van der Waals surface area contributed by atoms with E-state index >= 15 is 0 Å². The molecular formula is C13H16N4O3. The van der Waals surface area contributed by atoms with Gasteiger partial charge in [-0.3, -0.25) is 9.48 Å². The van der Waals surface area contributed by atoms with E-state index in [2.05, 4.69) is 15.4 Å². The van der Waals surface area contributed by atoms with Crippen LogP contribution in [0.2, 0.25) is 0 Å². The first kappa shape index (κ1) is 14.0. The smallest absolute Gasteiger partial charge is 0.328 e. The number of amides is 1. The number of pyridine rings is 1. The number of aryl methyl sites for hydroxylation is 2. The molecule has 0 aliphatic rings. The lowest BCUT2D eigenvalue weighted by Crippen LogP contribution is -2.49. The summed E-state index contributed by atoms with van der Waals surface area (Å²) in [4.78, 5) is 27.3. The second kappa shape index (κ2) is 4.59. The molecule has 0 fully saturated rings. The van der Waals surface area contributed by atoms with Crippen molar-refractivity contribution in [3.63, 3.8) is 0 Å². The lowest BCUT2D eigenvalue weighted by atomic mass is 10.1. The molecule has 2 aromatic heterocycles. The zero-order valence-electron chi connectivity index (χ0n) is 11.8. The highest BCUT2D eigenvalue weighted by Crippen LogP contribution is 2.17. The molecular weight excluding hydrogens is 260 g/mol. The molecule has 0 unspecified atom stereocenters. The molecule has 7 heteroatoms. The fourth-order valence-corrected chi connectivity index (χ4v) is 1.84. The van der Waals surface area contributed by atoms with Crippen molar-refractivity contribution in [2.75, 3.05) is 0 Å². The largest absolute Gasteiger partial charge is 0.480 e. The first-order valence-corrected chi connectivity index (χ1v) is 6.07. The maximum Gasteiger partial charge on any atom is 0.328 e. The Morgan fingerprint density at radius 2 is 2.05 bits per heavy atom. The summed E-state index contributed by atoms with van der Waals surface area (Å²) < 4.78 is 1.63. The number of aromatic nitrogens is 3. The number of carboxylic acid groups (broad SMARTS) is 1. The highest BCUT2D eigenvalue weighted by atomic mass is 16.4. The minimum atomic E-state index is -1.34. The molecule has 0 atom stereocenters. The fourth-order valence-electron chi connectivity index (χ4n) is 1.84. The van der Waals surface area contributed by atoms with Crippen molar-refractivity contribution >= 4 is 22.9 Å². The van der Waals surface area contributed by atoms with Crippen molar-refractivity contribution in [3.8, 4) is 0 Å². The van der Waals surface area contributed by atoms with Gasteiger partial charge in [0.15, 0.2) is 5.65 Å². The number of rotatable bonds is 3. The molecule has 2 rings (SSSR count). The van der Waals surface area contributed by atoms with Crippen molar-refractivity contribution in [2.45, 2.75) is 26.3 Å². The molecule has 2 heterocycles. The Morgan fingerprint density at radius 1 is 1.40 bits per heavy atom. The number of aliphatic carboxylic acids is 1. The van der Waals surface area contributed by atoms with Gasteiger partial charge in [0.25, 0.3) is 5.91 Å². The normalized spacial score (nSPS) is 11.6. The summed E-state index contributed by atoms with van der Waals surface area (Å²) >= 11 is 0. The molecule has 1 amide bonds. The maximum absolute atomic E-state index is 12.1. The Balaban J connectivity index is 2.36. The summed E-state index contributed by atoms with van der Waals surface area (Å²) in [6.45, 7) is 4.68. The van der Waals surface area contributed by atoms with Gasteiger partial charge in [-0.1, -0.05) is 0 Å². The fraction of sp³-hybridized carbons (Fsp3) is 0.385. The Kier molecular flexibility index (Phi) is 3.21. The minimum absolute atomic E-state index is 0.308. The number of nitrogens with one attached hydrogen (secondary N) is 1. The molecule has 0 aliphatic heterocycles. The van der Waals surface area contributed by atoms with Crippen LogP contribution in [-0.4, -0.2) is 37.3 Å². The predicted molar refractivity (Wildman–Crippen MR) is 72.4 cm³/mol. The van der Waals surface area contributed by atoms with E-state index in [0.29, 0.717) is 11.2 Å². The predicted octanol–water partition coefficient (Wildman–Crippen LogP) is 0.870. The van der Waals surface area contributed by atoms with Gasteiger partial charge in [0, 0.05) is 18.6 Å². The molecule has 0 bridgehead atoms. The van der Waals surface area contributed by atoms with Gasteiger partial charge in [0.05, 0.1) is 11.3 Å². The van der Waals surface area contributed by atoms with Gasteiger partial charge in [0.1, 0.15) is 5.54 Å². The summed E-state index contributed by atoms with van der Waals surface area (Å²) in [6, 6.07) is 1.66. The summed E-state index contributed by atoms with van der Waals surface area (Å²) in [5.74, 6) is -1.58. The Morgan fingerprint density at radius 3 is 2.65 bits per heavy atom. The van der Waals surface area contributed by atoms with Crippen LogP contribution in [-0.2, 0) is 11.8 Å². The third-order valence-corrected chi connectivity index (χ3v) is 3.09. The van der Waals surface area contributed by atoms with Crippen LogP contribution >= 0.6 is 0 Å². The second-order valence-corrected chi connectivity index (χ2v) is 5.19. The molecule has 2 aromatic rings. The number of nitrogens with zero attached hydrogens (tertiary/aromatic N) is 3. The van der Waals surface area contributed by atoms with Crippen LogP contribution in [0.5, 0.6) is 0 Å². The molecule has 0 aromatic carbocycles. The lowest BCUT2D eigenvalue weighted by Gasteiger charge is -2.20. The number of carbonyl (C=O) groups excluding carboxylic acids is 1. The lowest BCUT2D eigenvalue weighted by molar-refractivity contribution is -0.143. The van der Waals surface area contributed by atoms with E-state index in [1.807, 2.05) is 6.92 Å². The van der Waals surface area contributed by atoms with Crippen LogP contribution in [0.1, 0.15) is 29.9 Å². The number of carbonyl (C=O) groups is 2. The van der Waals surface area contributed by atoms with Crippen molar-refractivity contribution in [1.82, 2.24) is 20.1 Å². The molecule has 0 saturated heterocycles. The Labute approximate surface area is 115 Å². The molecule has 0 spiro atoms. The number of hydrogen-bond donors (Lipinski definition) is 2. The first-order chi connectivity index (χ1) is 9.22. The third-order valence-electron chi connectivity index (χ3n) is 3.09. The Hall–Kier alpha value is -2.44. The summed E-state index contributed by atoms with van der Waals surface area (Å²) in [5, 5.41) is 16.5. The number of fused-ring (bicyclic) bond motifs is 1. The van der Waals surface area contributed by atoms with Crippen LogP contribution < -0.4 is 5.32 Å². The van der Waals surface area contributed by atoms with Gasteiger partial charge < -0.3 is 10.4 Å². The molecule has 20 heavy (non-hydrogen) atoms. The molecule has 2 N–H and O–H groups in total. The van der Waals surface area contributed by atoms with E-state index in [0.717, 1.165) is 11.1 Å². The SMILES string of the molecule is Cc1nn(C)c2ncc(C(=O)NC(C)(C)C(=O)O)cc12. The van der Waals surface area contributed by atoms with Crippen molar-refractivity contribution in [2.24, 2.45) is 7.05 Å². The maximum atomic E-state index is 12.1. The number of hydrogen-bond acceptors (Lipinski definition) is 4. The standard InChI is InChI=1S/C13H16N4O3/c1-7-9-5-8(6-14-10(9)17(4)16-7)11(18)15-13(2,3)12(19)20/h5-6H,1-4H3,(H,15,18)(H,19,20). The first-order valence-electron chi connectivity index (χ1n) is 6.07. The van der Waals surface area contributed by atoms with Gasteiger partial charge in [0.2, 0.25) is 0 Å². The quantitative estimate of drug-likeness (QED) is 0.867. The average molecular weight is 276 g/mol. The second-order valence-electron chi connectivity index (χ2n) is 5.19. The zero-order chi connectivity index (χ0) is 15.1. The van der Waals surface area contributed by atoms with E-state index in [1.165, 1.54) is 20.0 Å². The van der Waals surface area contributed by atoms with Gasteiger partial charge >= 0.3 is 5.97 Å². The van der Waals surface area contributed by atoms with Crippen molar-refractivity contribution < 1.29 is 14.7 Å². The third kappa shape index (κ3) is 2.34. The highest BCUT2D eigenvalue weighted by molar-refractivity contribution is 5.99. The van der Waals surface area contributed by atoms with Crippen molar-refractivity contribution in [1.29, 1.82) is 0 Å². The van der Waals surface area contributed by atoms with Gasteiger partial charge in [-0.05, 0) is 26.8 Å². The zero-order valence-corrected chi connectivity index (χ0v) is 11.8. The van der Waals surface area contributed by atoms with Gasteiger partial charge in [-0.25, -0.2) is 9.78 Å². The summed E-state index contributed by atoms with van der Waals surface area (Å²) in [6.07, 6.45) is 1.41. The van der Waals surface area contributed by atoms with E-state index in [4.69, 9.17) is 5.11 Å². The summed E-state index contributed by atoms with van der Waals surface area (Å²) in [5.41, 5.74) is 0.414. The van der Waals surface area contributed by atoms with Gasteiger partial charge in [-0.2, -0.15) is 5.10 Å². The van der Waals surface area contributed by atoms with Crippen LogP contribution in [0.15, 0.2) is 12.3 Å². The molecule has 106 valence electrons. The van der Waals surface area contributed by atoms with Crippen LogP contribution in [0, 0.1) is 6.92 Å². The topological polar surface area (TPSA) is 97.1 Å². The minimum Gasteiger partial charge on any atom is -0.480 e. The molecule has 0 radical (unpaired) electrons. The molecule has 7 nitrogen and oxygen atoms in total. The van der Waals surface area contributed by atoms with Gasteiger partial charge in [-0.15, -0.1) is 0 Å². The van der Waals surface area contributed by atoms with Crippen LogP contribution in [0.3, 0.4) is 0 Å². The molecule has 0 saturated carbocycles. The monoisotopic (exact) mass is 276 g/mol. The van der Waals surface area contributed by atoms with Crippen molar-refractivity contribution in [3.05, 3.63) is 23.5 Å². The van der Waals surface area contributed by atoms with E-state index in [1.54, 1.807) is 17.8 Å². The van der Waals surface area contributed by atoms with Crippen LogP contribution in [0.25, 0.3) is 11.0 Å². The van der Waals surface area contributed by atoms with E-state index in [-0.39, 0.29) is 0 Å². The highest BCUT2D eigenvalue weighted by Gasteiger charge is 2.29. The number of carboxylic acids is 1. The van der Waals surface area contributed by atoms with E-state index < -0.39 is 17.4 Å². The summed E-state index contributed by atoms with van der Waals surface area (Å²) in [7, 11) is 1.77. The molecule has 0 aliphatic carbocycles. The van der Waals surface area contributed by atoms with Crippen LogP contribution in [0.4, 0.5) is 0 Å². The Bertz CT molecular complexity index is 703.